The van der Waals surface area contributed by atoms with Crippen LogP contribution in [-0.4, -0.2) is 20.7 Å². The number of benzene rings is 2. The minimum absolute atomic E-state index is 0.0346. The number of hydrogen-bond acceptors (Lipinski definition) is 4. The molecule has 24 heavy (non-hydrogen) atoms. The van der Waals surface area contributed by atoms with Crippen LogP contribution in [0.4, 0.5) is 5.69 Å². The van der Waals surface area contributed by atoms with Crippen molar-refractivity contribution in [3.8, 4) is 11.8 Å². The third-order valence-electron chi connectivity index (χ3n) is 3.28. The lowest BCUT2D eigenvalue weighted by Gasteiger charge is -2.04. The van der Waals surface area contributed by atoms with E-state index >= 15 is 0 Å². The molecule has 3 rings (SSSR count). The smallest absolute Gasteiger partial charge is 0.266 e. The SMILES string of the molecule is N#CC(=Cc1ccc(-n2cncn2)cc1)C(=O)Nc1ccccc1. The quantitative estimate of drug-likeness (QED) is 0.593. The zero-order chi connectivity index (χ0) is 16.8. The topological polar surface area (TPSA) is 83.6 Å². The fourth-order valence-corrected chi connectivity index (χ4v) is 2.10. The van der Waals surface area contributed by atoms with Gasteiger partial charge in [-0.05, 0) is 35.9 Å². The summed E-state index contributed by atoms with van der Waals surface area (Å²) in [4.78, 5) is 16.1. The Bertz CT molecular complexity index is 891. The van der Waals surface area contributed by atoms with Gasteiger partial charge in [0.25, 0.3) is 5.91 Å². The number of para-hydroxylation sites is 1. The lowest BCUT2D eigenvalue weighted by Crippen LogP contribution is -2.13. The van der Waals surface area contributed by atoms with E-state index in [1.165, 1.54) is 6.33 Å². The Labute approximate surface area is 138 Å². The average Bonchev–Trinajstić information content (AvgIpc) is 3.15. The molecule has 0 radical (unpaired) electrons. The fourth-order valence-electron chi connectivity index (χ4n) is 2.10. The summed E-state index contributed by atoms with van der Waals surface area (Å²) in [5, 5.41) is 16.0. The largest absolute Gasteiger partial charge is 0.321 e. The number of amides is 1. The summed E-state index contributed by atoms with van der Waals surface area (Å²) in [5.41, 5.74) is 2.27. The highest BCUT2D eigenvalue weighted by Crippen LogP contribution is 2.13. The number of hydrogen-bond donors (Lipinski definition) is 1. The monoisotopic (exact) mass is 315 g/mol. The molecule has 1 heterocycles. The van der Waals surface area contributed by atoms with Crippen molar-refractivity contribution in [2.24, 2.45) is 0 Å². The van der Waals surface area contributed by atoms with E-state index in [-0.39, 0.29) is 5.57 Å². The molecule has 0 saturated heterocycles. The van der Waals surface area contributed by atoms with Crippen LogP contribution in [0.25, 0.3) is 11.8 Å². The lowest BCUT2D eigenvalue weighted by molar-refractivity contribution is -0.112. The number of carbonyl (C=O) groups is 1. The van der Waals surface area contributed by atoms with E-state index in [1.807, 2.05) is 48.5 Å². The number of nitrogens with one attached hydrogen (secondary N) is 1. The minimum atomic E-state index is -0.441. The maximum absolute atomic E-state index is 12.2. The molecule has 0 aliphatic carbocycles. The maximum atomic E-state index is 12.2. The molecule has 0 aliphatic heterocycles. The van der Waals surface area contributed by atoms with Crippen molar-refractivity contribution in [3.05, 3.63) is 78.4 Å². The molecular formula is C18H13N5O. The number of anilines is 1. The highest BCUT2D eigenvalue weighted by Gasteiger charge is 2.09. The van der Waals surface area contributed by atoms with Gasteiger partial charge in [-0.2, -0.15) is 10.4 Å². The van der Waals surface area contributed by atoms with E-state index in [2.05, 4.69) is 15.4 Å². The Morgan fingerprint density at radius 2 is 1.88 bits per heavy atom. The van der Waals surface area contributed by atoms with E-state index in [4.69, 9.17) is 0 Å². The molecule has 0 bridgehead atoms. The second-order valence-corrected chi connectivity index (χ2v) is 4.92. The van der Waals surface area contributed by atoms with E-state index in [0.717, 1.165) is 11.3 Å². The first-order valence-electron chi connectivity index (χ1n) is 7.19. The van der Waals surface area contributed by atoms with Gasteiger partial charge in [0.2, 0.25) is 0 Å². The lowest BCUT2D eigenvalue weighted by atomic mass is 10.1. The second-order valence-electron chi connectivity index (χ2n) is 4.92. The molecule has 3 aromatic rings. The molecule has 2 aromatic carbocycles. The van der Waals surface area contributed by atoms with Gasteiger partial charge in [-0.25, -0.2) is 9.67 Å². The summed E-state index contributed by atoms with van der Waals surface area (Å²) >= 11 is 0. The zero-order valence-electron chi connectivity index (χ0n) is 12.6. The number of rotatable bonds is 4. The van der Waals surface area contributed by atoms with Crippen molar-refractivity contribution >= 4 is 17.7 Å². The molecule has 1 amide bonds. The Balaban J connectivity index is 1.78. The van der Waals surface area contributed by atoms with Crippen LogP contribution in [0.1, 0.15) is 5.56 Å². The number of nitrogens with zero attached hydrogens (tertiary/aromatic N) is 4. The van der Waals surface area contributed by atoms with Gasteiger partial charge < -0.3 is 5.32 Å². The highest BCUT2D eigenvalue weighted by molar-refractivity contribution is 6.09. The standard InChI is InChI=1S/C18H13N5O/c19-11-15(18(24)22-16-4-2-1-3-5-16)10-14-6-8-17(9-7-14)23-13-20-12-21-23/h1-10,12-13H,(H,22,24). The van der Waals surface area contributed by atoms with Gasteiger partial charge >= 0.3 is 0 Å². The normalized spacial score (nSPS) is 10.9. The second kappa shape index (κ2) is 7.03. The number of carbonyl (C=O) groups excluding carboxylic acids is 1. The summed E-state index contributed by atoms with van der Waals surface area (Å²) in [5.74, 6) is -0.441. The minimum Gasteiger partial charge on any atom is -0.321 e. The van der Waals surface area contributed by atoms with E-state index in [1.54, 1.807) is 29.2 Å². The highest BCUT2D eigenvalue weighted by atomic mass is 16.1. The molecule has 1 aromatic heterocycles. The summed E-state index contributed by atoms with van der Waals surface area (Å²) in [6.07, 6.45) is 4.60. The van der Waals surface area contributed by atoms with Crippen LogP contribution in [0.2, 0.25) is 0 Å². The number of aromatic nitrogens is 3. The van der Waals surface area contributed by atoms with Crippen LogP contribution in [0.3, 0.4) is 0 Å². The molecule has 0 spiro atoms. The maximum Gasteiger partial charge on any atom is 0.266 e. The van der Waals surface area contributed by atoms with Gasteiger partial charge in [0.05, 0.1) is 5.69 Å². The first kappa shape index (κ1) is 15.2. The summed E-state index contributed by atoms with van der Waals surface area (Å²) in [6.45, 7) is 0. The molecule has 0 aliphatic rings. The molecule has 0 saturated carbocycles. The molecule has 1 N–H and O–H groups in total. The van der Waals surface area contributed by atoms with Crippen molar-refractivity contribution in [2.75, 3.05) is 5.32 Å². The van der Waals surface area contributed by atoms with Crippen LogP contribution in [-0.2, 0) is 4.79 Å². The molecule has 6 nitrogen and oxygen atoms in total. The Hall–Kier alpha value is -3.72. The van der Waals surface area contributed by atoms with E-state index < -0.39 is 5.91 Å². The van der Waals surface area contributed by atoms with Crippen molar-refractivity contribution in [1.82, 2.24) is 14.8 Å². The first-order chi connectivity index (χ1) is 11.8. The van der Waals surface area contributed by atoms with Crippen LogP contribution < -0.4 is 5.32 Å². The van der Waals surface area contributed by atoms with Gasteiger partial charge in [-0.15, -0.1) is 0 Å². The van der Waals surface area contributed by atoms with Gasteiger partial charge in [-0.3, -0.25) is 4.79 Å². The average molecular weight is 315 g/mol. The van der Waals surface area contributed by atoms with Gasteiger partial charge in [0.1, 0.15) is 24.3 Å². The third-order valence-corrected chi connectivity index (χ3v) is 3.28. The molecule has 0 unspecified atom stereocenters. The van der Waals surface area contributed by atoms with Crippen molar-refractivity contribution in [1.29, 1.82) is 5.26 Å². The van der Waals surface area contributed by atoms with Crippen molar-refractivity contribution in [2.45, 2.75) is 0 Å². The summed E-state index contributed by atoms with van der Waals surface area (Å²) in [6, 6.07) is 18.2. The molecular weight excluding hydrogens is 302 g/mol. The summed E-state index contributed by atoms with van der Waals surface area (Å²) in [7, 11) is 0. The third kappa shape index (κ3) is 3.54. The zero-order valence-corrected chi connectivity index (χ0v) is 12.6. The Morgan fingerprint density at radius 3 is 2.50 bits per heavy atom. The first-order valence-corrected chi connectivity index (χ1v) is 7.19. The fraction of sp³-hybridized carbons (Fsp3) is 0. The van der Waals surface area contributed by atoms with Gasteiger partial charge in [-0.1, -0.05) is 30.3 Å². The van der Waals surface area contributed by atoms with E-state index in [9.17, 15) is 10.1 Å². The molecule has 0 atom stereocenters. The van der Waals surface area contributed by atoms with Crippen LogP contribution in [0.5, 0.6) is 0 Å². The van der Waals surface area contributed by atoms with Crippen LogP contribution in [0.15, 0.2) is 72.8 Å². The van der Waals surface area contributed by atoms with Crippen LogP contribution >= 0.6 is 0 Å². The molecule has 116 valence electrons. The van der Waals surface area contributed by atoms with Gasteiger partial charge in [0.15, 0.2) is 0 Å². The molecule has 6 heteroatoms. The van der Waals surface area contributed by atoms with Crippen LogP contribution in [0, 0.1) is 11.3 Å². The van der Waals surface area contributed by atoms with Gasteiger partial charge in [0, 0.05) is 5.69 Å². The van der Waals surface area contributed by atoms with E-state index in [0.29, 0.717) is 5.69 Å². The Morgan fingerprint density at radius 1 is 1.12 bits per heavy atom. The number of nitriles is 1. The van der Waals surface area contributed by atoms with Crippen molar-refractivity contribution in [3.63, 3.8) is 0 Å². The summed E-state index contributed by atoms with van der Waals surface area (Å²) < 4.78 is 1.63. The predicted molar refractivity (Wildman–Crippen MR) is 90.0 cm³/mol. The van der Waals surface area contributed by atoms with Crippen molar-refractivity contribution < 1.29 is 4.79 Å². The Kier molecular flexibility index (Phi) is 4.45. The molecule has 0 fully saturated rings. The predicted octanol–water partition coefficient (Wildman–Crippen LogP) is 2.81.